The molecule has 2 nitrogen and oxygen atoms in total. The molecule has 0 amide bonds. The van der Waals surface area contributed by atoms with Crippen molar-refractivity contribution in [3.05, 3.63) is 35.1 Å². The standard InChI is InChI=1S/C12H18FNO/c1-9(5-6-14)11-7-10(8-15-2)3-4-12(11)13/h3-4,7,9H,5-6,8,14H2,1-2H3. The van der Waals surface area contributed by atoms with Crippen molar-refractivity contribution in [2.45, 2.75) is 25.9 Å². The third kappa shape index (κ3) is 3.29. The number of benzene rings is 1. The third-order valence-corrected chi connectivity index (χ3v) is 2.50. The normalized spacial score (nSPS) is 12.8. The Morgan fingerprint density at radius 2 is 2.20 bits per heavy atom. The van der Waals surface area contributed by atoms with E-state index in [4.69, 9.17) is 10.5 Å². The van der Waals surface area contributed by atoms with Crippen molar-refractivity contribution in [1.82, 2.24) is 0 Å². The first-order valence-electron chi connectivity index (χ1n) is 5.16. The smallest absolute Gasteiger partial charge is 0.126 e. The maximum atomic E-state index is 13.5. The highest BCUT2D eigenvalue weighted by Gasteiger charge is 2.10. The summed E-state index contributed by atoms with van der Waals surface area (Å²) in [5.74, 6) is 0.00242. The van der Waals surface area contributed by atoms with E-state index in [0.717, 1.165) is 17.5 Å². The Kier molecular flexibility index (Phi) is 4.72. The van der Waals surface area contributed by atoms with E-state index in [1.807, 2.05) is 13.0 Å². The highest BCUT2D eigenvalue weighted by molar-refractivity contribution is 5.27. The maximum Gasteiger partial charge on any atom is 0.126 e. The molecule has 0 heterocycles. The molecule has 0 fully saturated rings. The molecule has 1 aromatic carbocycles. The Hall–Kier alpha value is -0.930. The van der Waals surface area contributed by atoms with Gasteiger partial charge in [0.15, 0.2) is 0 Å². The minimum atomic E-state index is -0.157. The number of nitrogens with two attached hydrogens (primary N) is 1. The van der Waals surface area contributed by atoms with Crippen molar-refractivity contribution in [3.8, 4) is 0 Å². The van der Waals surface area contributed by atoms with Crippen LogP contribution in [0.25, 0.3) is 0 Å². The van der Waals surface area contributed by atoms with Gasteiger partial charge in [0.1, 0.15) is 5.82 Å². The van der Waals surface area contributed by atoms with Crippen LogP contribution in [0.15, 0.2) is 18.2 Å². The SMILES string of the molecule is COCc1ccc(F)c(C(C)CCN)c1. The molecule has 2 N–H and O–H groups in total. The molecule has 1 atom stereocenters. The zero-order valence-electron chi connectivity index (χ0n) is 9.29. The molecule has 0 bridgehead atoms. The third-order valence-electron chi connectivity index (χ3n) is 2.50. The fraction of sp³-hybridized carbons (Fsp3) is 0.500. The fourth-order valence-corrected chi connectivity index (χ4v) is 1.63. The quantitative estimate of drug-likeness (QED) is 0.811. The molecule has 0 aliphatic carbocycles. The molecule has 0 aliphatic heterocycles. The lowest BCUT2D eigenvalue weighted by Crippen LogP contribution is -2.06. The first-order valence-corrected chi connectivity index (χ1v) is 5.16. The number of rotatable bonds is 5. The minimum absolute atomic E-state index is 0.157. The second-order valence-electron chi connectivity index (χ2n) is 3.77. The van der Waals surface area contributed by atoms with Gasteiger partial charge in [-0.3, -0.25) is 0 Å². The van der Waals surface area contributed by atoms with Crippen LogP contribution in [-0.4, -0.2) is 13.7 Å². The average molecular weight is 211 g/mol. The Labute approximate surface area is 90.2 Å². The molecule has 0 spiro atoms. The monoisotopic (exact) mass is 211 g/mol. The molecule has 0 saturated carbocycles. The van der Waals surface area contributed by atoms with Crippen LogP contribution in [0.3, 0.4) is 0 Å². The molecular weight excluding hydrogens is 193 g/mol. The van der Waals surface area contributed by atoms with Crippen LogP contribution in [0, 0.1) is 5.82 Å². The molecule has 0 radical (unpaired) electrons. The Balaban J connectivity index is 2.89. The summed E-state index contributed by atoms with van der Waals surface area (Å²) in [6.45, 7) is 3.08. The summed E-state index contributed by atoms with van der Waals surface area (Å²) in [6.07, 6.45) is 0.799. The number of hydrogen-bond donors (Lipinski definition) is 1. The van der Waals surface area contributed by atoms with Gasteiger partial charge in [-0.15, -0.1) is 0 Å². The summed E-state index contributed by atoms with van der Waals surface area (Å²) in [5, 5.41) is 0. The van der Waals surface area contributed by atoms with E-state index in [9.17, 15) is 4.39 Å². The lowest BCUT2D eigenvalue weighted by Gasteiger charge is -2.13. The Morgan fingerprint density at radius 1 is 1.47 bits per heavy atom. The van der Waals surface area contributed by atoms with Crippen molar-refractivity contribution >= 4 is 0 Å². The zero-order valence-corrected chi connectivity index (χ0v) is 9.29. The summed E-state index contributed by atoms with van der Waals surface area (Å²) < 4.78 is 18.5. The second kappa shape index (κ2) is 5.83. The van der Waals surface area contributed by atoms with Crippen LogP contribution in [0.1, 0.15) is 30.4 Å². The molecule has 84 valence electrons. The van der Waals surface area contributed by atoms with E-state index in [2.05, 4.69) is 0 Å². The molecule has 1 aromatic rings. The maximum absolute atomic E-state index is 13.5. The summed E-state index contributed by atoms with van der Waals surface area (Å²) in [6, 6.07) is 5.10. The molecule has 0 aromatic heterocycles. The molecular formula is C12H18FNO. The van der Waals surface area contributed by atoms with E-state index in [1.54, 1.807) is 13.2 Å². The minimum Gasteiger partial charge on any atom is -0.380 e. The predicted octanol–water partition coefficient (Wildman–Crippen LogP) is 2.42. The van der Waals surface area contributed by atoms with E-state index >= 15 is 0 Å². The largest absolute Gasteiger partial charge is 0.380 e. The summed E-state index contributed by atoms with van der Waals surface area (Å²) in [5.41, 5.74) is 7.20. The van der Waals surface area contributed by atoms with Gasteiger partial charge in [-0.25, -0.2) is 4.39 Å². The van der Waals surface area contributed by atoms with Crippen LogP contribution in [-0.2, 0) is 11.3 Å². The van der Waals surface area contributed by atoms with Crippen LogP contribution in [0.2, 0.25) is 0 Å². The average Bonchev–Trinajstić information content (AvgIpc) is 2.21. The van der Waals surface area contributed by atoms with Gasteiger partial charge in [0.2, 0.25) is 0 Å². The molecule has 3 heteroatoms. The van der Waals surface area contributed by atoms with Gasteiger partial charge < -0.3 is 10.5 Å². The lowest BCUT2D eigenvalue weighted by molar-refractivity contribution is 0.184. The van der Waals surface area contributed by atoms with E-state index in [0.29, 0.717) is 13.2 Å². The van der Waals surface area contributed by atoms with Gasteiger partial charge in [0.05, 0.1) is 6.61 Å². The highest BCUT2D eigenvalue weighted by Crippen LogP contribution is 2.23. The van der Waals surface area contributed by atoms with E-state index in [-0.39, 0.29) is 11.7 Å². The van der Waals surface area contributed by atoms with Gasteiger partial charge >= 0.3 is 0 Å². The fourth-order valence-electron chi connectivity index (χ4n) is 1.63. The lowest BCUT2D eigenvalue weighted by atomic mass is 9.95. The Bertz CT molecular complexity index is 314. The number of ether oxygens (including phenoxy) is 1. The van der Waals surface area contributed by atoms with Gasteiger partial charge in [0.25, 0.3) is 0 Å². The topological polar surface area (TPSA) is 35.2 Å². The van der Waals surface area contributed by atoms with E-state index in [1.165, 1.54) is 6.07 Å². The van der Waals surface area contributed by atoms with Crippen LogP contribution in [0.4, 0.5) is 4.39 Å². The Morgan fingerprint density at radius 3 is 2.80 bits per heavy atom. The number of methoxy groups -OCH3 is 1. The molecule has 1 rings (SSSR count). The van der Waals surface area contributed by atoms with Gasteiger partial charge in [-0.2, -0.15) is 0 Å². The number of hydrogen-bond acceptors (Lipinski definition) is 2. The van der Waals surface area contributed by atoms with Crippen LogP contribution in [0.5, 0.6) is 0 Å². The summed E-state index contributed by atoms with van der Waals surface area (Å²) in [7, 11) is 1.63. The molecule has 15 heavy (non-hydrogen) atoms. The van der Waals surface area contributed by atoms with Crippen LogP contribution < -0.4 is 5.73 Å². The predicted molar refractivity (Wildman–Crippen MR) is 59.2 cm³/mol. The number of halogens is 1. The molecule has 0 saturated heterocycles. The van der Waals surface area contributed by atoms with E-state index < -0.39 is 0 Å². The van der Waals surface area contributed by atoms with Crippen molar-refractivity contribution < 1.29 is 9.13 Å². The van der Waals surface area contributed by atoms with Crippen molar-refractivity contribution in [2.24, 2.45) is 5.73 Å². The highest BCUT2D eigenvalue weighted by atomic mass is 19.1. The van der Waals surface area contributed by atoms with Gasteiger partial charge in [0, 0.05) is 7.11 Å². The summed E-state index contributed by atoms with van der Waals surface area (Å²) in [4.78, 5) is 0. The van der Waals surface area contributed by atoms with Crippen molar-refractivity contribution in [3.63, 3.8) is 0 Å². The van der Waals surface area contributed by atoms with Crippen LogP contribution >= 0.6 is 0 Å². The molecule has 1 unspecified atom stereocenters. The molecule has 0 aliphatic rings. The second-order valence-corrected chi connectivity index (χ2v) is 3.77. The zero-order chi connectivity index (χ0) is 11.3. The van der Waals surface area contributed by atoms with Gasteiger partial charge in [-0.1, -0.05) is 19.1 Å². The van der Waals surface area contributed by atoms with Crippen molar-refractivity contribution in [1.29, 1.82) is 0 Å². The first kappa shape index (κ1) is 12.1. The van der Waals surface area contributed by atoms with Gasteiger partial charge in [-0.05, 0) is 36.1 Å². The first-order chi connectivity index (χ1) is 7.19. The van der Waals surface area contributed by atoms with Crippen molar-refractivity contribution in [2.75, 3.05) is 13.7 Å². The summed E-state index contributed by atoms with van der Waals surface area (Å²) >= 11 is 0.